The van der Waals surface area contributed by atoms with Gasteiger partial charge in [-0.1, -0.05) is 12.1 Å². The second-order valence-corrected chi connectivity index (χ2v) is 7.00. The molecule has 3 aromatic rings. The van der Waals surface area contributed by atoms with Gasteiger partial charge in [0.05, 0.1) is 12.1 Å². The zero-order chi connectivity index (χ0) is 21.4. The molecule has 0 unspecified atom stereocenters. The predicted octanol–water partition coefficient (Wildman–Crippen LogP) is 3.34. The lowest BCUT2D eigenvalue weighted by atomic mass is 10.0. The highest BCUT2D eigenvalue weighted by Gasteiger charge is 2.39. The van der Waals surface area contributed by atoms with Crippen molar-refractivity contribution in [2.75, 3.05) is 12.1 Å². The van der Waals surface area contributed by atoms with E-state index in [1.165, 1.54) is 24.3 Å². The highest BCUT2D eigenvalue weighted by Crippen LogP contribution is 2.36. The number of benzene rings is 2. The summed E-state index contributed by atoms with van der Waals surface area (Å²) in [4.78, 5) is 31.6. The van der Waals surface area contributed by atoms with Crippen molar-refractivity contribution in [2.45, 2.75) is 6.54 Å². The van der Waals surface area contributed by atoms with E-state index >= 15 is 0 Å². The molecule has 0 aliphatic carbocycles. The van der Waals surface area contributed by atoms with Gasteiger partial charge >= 0.3 is 0 Å². The summed E-state index contributed by atoms with van der Waals surface area (Å²) in [5, 5.41) is 3.06. The molecule has 1 N–H and O–H groups in total. The Kier molecular flexibility index (Phi) is 4.59. The Labute approximate surface area is 176 Å². The minimum atomic E-state index is -0.473. The lowest BCUT2D eigenvalue weighted by molar-refractivity contribution is -0.137. The van der Waals surface area contributed by atoms with Crippen molar-refractivity contribution >= 4 is 23.1 Å². The van der Waals surface area contributed by atoms with Crippen LogP contribution >= 0.6 is 0 Å². The highest BCUT2D eigenvalue weighted by molar-refractivity contribution is 6.36. The molecule has 5 rings (SSSR count). The Balaban J connectivity index is 1.53. The first-order chi connectivity index (χ1) is 15.1. The van der Waals surface area contributed by atoms with Crippen molar-refractivity contribution in [2.24, 2.45) is 0 Å². The van der Waals surface area contributed by atoms with Crippen molar-refractivity contribution < 1.29 is 23.5 Å². The monoisotopic (exact) mass is 417 g/mol. The molecule has 0 fully saturated rings. The van der Waals surface area contributed by atoms with Gasteiger partial charge in [-0.3, -0.25) is 19.5 Å². The molecule has 1 aromatic heterocycles. The van der Waals surface area contributed by atoms with Gasteiger partial charge in [0.15, 0.2) is 11.5 Å². The molecule has 0 saturated carbocycles. The Bertz CT molecular complexity index is 1210. The Morgan fingerprint density at radius 1 is 0.935 bits per heavy atom. The predicted molar refractivity (Wildman–Crippen MR) is 109 cm³/mol. The van der Waals surface area contributed by atoms with Crippen LogP contribution in [-0.4, -0.2) is 28.5 Å². The van der Waals surface area contributed by atoms with E-state index in [1.54, 1.807) is 42.7 Å². The van der Waals surface area contributed by atoms with Crippen LogP contribution in [0.1, 0.15) is 11.1 Å². The summed E-state index contributed by atoms with van der Waals surface area (Å²) in [7, 11) is 0. The zero-order valence-electron chi connectivity index (χ0n) is 16.2. The maximum absolute atomic E-state index is 13.5. The number of amides is 2. The number of hydrogen-bond donors (Lipinski definition) is 1. The molecule has 0 saturated heterocycles. The molecule has 7 nitrogen and oxygen atoms in total. The van der Waals surface area contributed by atoms with E-state index in [2.05, 4.69) is 10.3 Å². The van der Waals surface area contributed by atoms with Crippen LogP contribution in [0.25, 0.3) is 5.57 Å². The van der Waals surface area contributed by atoms with E-state index in [1.807, 2.05) is 0 Å². The lowest BCUT2D eigenvalue weighted by Gasteiger charge is -2.15. The number of halogens is 1. The smallest absolute Gasteiger partial charge is 0.278 e. The van der Waals surface area contributed by atoms with Gasteiger partial charge in [0.25, 0.3) is 11.8 Å². The summed E-state index contributed by atoms with van der Waals surface area (Å²) >= 11 is 0. The first-order valence-electron chi connectivity index (χ1n) is 9.52. The number of pyridine rings is 1. The first-order valence-corrected chi connectivity index (χ1v) is 9.52. The third kappa shape index (κ3) is 3.48. The third-order valence-corrected chi connectivity index (χ3v) is 5.03. The summed E-state index contributed by atoms with van der Waals surface area (Å²) in [5.41, 5.74) is 2.06. The number of hydrogen-bond acceptors (Lipinski definition) is 6. The summed E-state index contributed by atoms with van der Waals surface area (Å²) in [6.07, 6.45) is 3.20. The summed E-state index contributed by atoms with van der Waals surface area (Å²) < 4.78 is 24.2. The van der Waals surface area contributed by atoms with Gasteiger partial charge in [-0.05, 0) is 47.5 Å². The Morgan fingerprint density at radius 2 is 1.68 bits per heavy atom. The topological polar surface area (TPSA) is 80.8 Å². The average molecular weight is 417 g/mol. The van der Waals surface area contributed by atoms with Crippen LogP contribution in [0, 0.1) is 5.82 Å². The van der Waals surface area contributed by atoms with Crippen molar-refractivity contribution in [3.8, 4) is 11.5 Å². The lowest BCUT2D eigenvalue weighted by Crippen LogP contribution is -2.32. The van der Waals surface area contributed by atoms with Gasteiger partial charge in [-0.25, -0.2) is 4.39 Å². The van der Waals surface area contributed by atoms with Crippen LogP contribution in [0.15, 0.2) is 72.7 Å². The maximum Gasteiger partial charge on any atom is 0.278 e. The van der Waals surface area contributed by atoms with Crippen molar-refractivity contribution in [1.29, 1.82) is 0 Å². The van der Waals surface area contributed by atoms with Crippen LogP contribution in [-0.2, 0) is 16.1 Å². The Morgan fingerprint density at radius 3 is 2.45 bits per heavy atom. The number of carbonyl (C=O) groups is 2. The second-order valence-electron chi connectivity index (χ2n) is 7.00. The van der Waals surface area contributed by atoms with Gasteiger partial charge in [-0.2, -0.15) is 0 Å². The molecule has 8 heteroatoms. The number of fused-ring (bicyclic) bond motifs is 1. The van der Waals surface area contributed by atoms with Crippen LogP contribution in [0.4, 0.5) is 10.1 Å². The molecule has 2 aromatic carbocycles. The molecule has 3 heterocycles. The number of aromatic nitrogens is 1. The standard InChI is InChI=1S/C23H16FN3O4/c24-16-3-1-15(2-4-16)20-21(26-17-5-6-18-19(11-17)31-13-30-18)23(29)27(22(20)28)12-14-7-9-25-10-8-14/h1-11,26H,12-13H2. The molecule has 2 aliphatic rings. The molecular weight excluding hydrogens is 401 g/mol. The first kappa shape index (κ1) is 18.8. The molecule has 0 atom stereocenters. The van der Waals surface area contributed by atoms with Crippen LogP contribution in [0.2, 0.25) is 0 Å². The number of carbonyl (C=O) groups excluding carboxylic acids is 2. The molecule has 0 bridgehead atoms. The number of ether oxygens (including phenoxy) is 2. The summed E-state index contributed by atoms with van der Waals surface area (Å²) in [6, 6.07) is 14.1. The van der Waals surface area contributed by atoms with Crippen molar-refractivity contribution in [1.82, 2.24) is 9.88 Å². The van der Waals surface area contributed by atoms with Gasteiger partial charge in [0.1, 0.15) is 11.5 Å². The van der Waals surface area contributed by atoms with Crippen LogP contribution in [0.5, 0.6) is 11.5 Å². The molecule has 154 valence electrons. The van der Waals surface area contributed by atoms with E-state index in [9.17, 15) is 14.0 Å². The van der Waals surface area contributed by atoms with Gasteiger partial charge in [0, 0.05) is 24.1 Å². The van der Waals surface area contributed by atoms with E-state index in [4.69, 9.17) is 9.47 Å². The summed E-state index contributed by atoms with van der Waals surface area (Å²) in [5.74, 6) is -0.221. The van der Waals surface area contributed by atoms with Gasteiger partial charge in [-0.15, -0.1) is 0 Å². The number of nitrogens with one attached hydrogen (secondary N) is 1. The SMILES string of the molecule is O=C1C(Nc2ccc3c(c2)OCO3)=C(c2ccc(F)cc2)C(=O)N1Cc1ccncc1. The molecular formula is C23H16FN3O4. The van der Waals surface area contributed by atoms with Crippen LogP contribution in [0.3, 0.4) is 0 Å². The number of imide groups is 1. The normalized spacial score (nSPS) is 15.1. The van der Waals surface area contributed by atoms with E-state index in [-0.39, 0.29) is 24.6 Å². The Hall–Kier alpha value is -4.20. The fourth-order valence-electron chi connectivity index (χ4n) is 3.51. The number of nitrogens with zero attached hydrogens (tertiary/aromatic N) is 2. The van der Waals surface area contributed by atoms with Gasteiger partial charge < -0.3 is 14.8 Å². The quantitative estimate of drug-likeness (QED) is 0.642. The fraction of sp³-hybridized carbons (Fsp3) is 0.0870. The van der Waals surface area contributed by atoms with Crippen molar-refractivity contribution in [3.05, 3.63) is 89.6 Å². The maximum atomic E-state index is 13.5. The minimum Gasteiger partial charge on any atom is -0.454 e. The molecule has 0 spiro atoms. The van der Waals surface area contributed by atoms with Crippen LogP contribution < -0.4 is 14.8 Å². The molecule has 31 heavy (non-hydrogen) atoms. The van der Waals surface area contributed by atoms with Gasteiger partial charge in [0.2, 0.25) is 6.79 Å². The number of anilines is 1. The fourth-order valence-corrected chi connectivity index (χ4v) is 3.51. The second kappa shape index (κ2) is 7.56. The number of rotatable bonds is 5. The summed E-state index contributed by atoms with van der Waals surface area (Å²) in [6.45, 7) is 0.219. The highest BCUT2D eigenvalue weighted by atomic mass is 19.1. The van der Waals surface area contributed by atoms with Crippen molar-refractivity contribution in [3.63, 3.8) is 0 Å². The largest absolute Gasteiger partial charge is 0.454 e. The molecule has 0 radical (unpaired) electrons. The average Bonchev–Trinajstić information content (AvgIpc) is 3.34. The van der Waals surface area contributed by atoms with E-state index in [0.29, 0.717) is 22.7 Å². The molecule has 2 amide bonds. The zero-order valence-corrected chi connectivity index (χ0v) is 16.2. The third-order valence-electron chi connectivity index (χ3n) is 5.03. The van der Waals surface area contributed by atoms with E-state index < -0.39 is 17.6 Å². The van der Waals surface area contributed by atoms with E-state index in [0.717, 1.165) is 10.5 Å². The minimum absolute atomic E-state index is 0.0944. The molecule has 2 aliphatic heterocycles.